The van der Waals surface area contributed by atoms with E-state index >= 15 is 0 Å². The topological polar surface area (TPSA) is 65.1 Å². The Morgan fingerprint density at radius 1 is 0.860 bits per heavy atom. The second-order valence-electron chi connectivity index (χ2n) is 13.2. The van der Waals surface area contributed by atoms with Crippen molar-refractivity contribution in [3.63, 3.8) is 0 Å². The maximum Gasteiger partial charge on any atom is 0.405 e. The number of fused-ring (bicyclic) bond motifs is 3. The van der Waals surface area contributed by atoms with Gasteiger partial charge in [-0.25, -0.2) is 0 Å². The highest BCUT2D eigenvalue weighted by Gasteiger charge is 2.48. The van der Waals surface area contributed by atoms with Gasteiger partial charge in [0, 0.05) is 66.7 Å². The van der Waals surface area contributed by atoms with Crippen LogP contribution in [0.25, 0.3) is 0 Å². The molecular weight excluding hydrogens is 665 g/mol. The molecule has 1 N–H and O–H groups in total. The average molecular weight is 703 g/mol. The molecule has 3 aliphatic heterocycles. The van der Waals surface area contributed by atoms with Crippen LogP contribution in [0.15, 0.2) is 91.0 Å². The molecule has 0 spiro atoms. The van der Waals surface area contributed by atoms with Crippen LogP contribution in [-0.4, -0.2) is 67.1 Å². The Balaban J connectivity index is 0.974. The number of para-hydroxylation sites is 2. The second-order valence-corrected chi connectivity index (χ2v) is 13.7. The smallest absolute Gasteiger partial charge is 0.405 e. The van der Waals surface area contributed by atoms with Crippen LogP contribution in [0.4, 0.5) is 18.9 Å². The molecule has 4 aromatic carbocycles. The van der Waals surface area contributed by atoms with Crippen molar-refractivity contribution in [2.45, 2.75) is 43.9 Å². The van der Waals surface area contributed by atoms with E-state index in [1.54, 1.807) is 48.5 Å². The number of amides is 2. The molecule has 260 valence electrons. The number of anilines is 1. The second kappa shape index (κ2) is 14.0. The van der Waals surface area contributed by atoms with Crippen molar-refractivity contribution in [3.05, 3.63) is 124 Å². The normalized spacial score (nSPS) is 16.8. The van der Waals surface area contributed by atoms with Gasteiger partial charge in [-0.15, -0.1) is 0 Å². The summed E-state index contributed by atoms with van der Waals surface area (Å²) < 4.78 is 45.9. The predicted molar refractivity (Wildman–Crippen MR) is 187 cm³/mol. The summed E-state index contributed by atoms with van der Waals surface area (Å²) in [4.78, 5) is 33.7. The summed E-state index contributed by atoms with van der Waals surface area (Å²) in [5, 5.41) is 2.85. The fraction of sp³-hybridized carbons (Fsp3) is 0.333. The third-order valence-corrected chi connectivity index (χ3v) is 10.2. The number of hydrogen-bond donors (Lipinski definition) is 1. The summed E-state index contributed by atoms with van der Waals surface area (Å²) >= 11 is 6.15. The van der Waals surface area contributed by atoms with E-state index in [1.165, 1.54) is 0 Å². The Morgan fingerprint density at radius 2 is 1.56 bits per heavy atom. The first-order chi connectivity index (χ1) is 24.1. The number of hydrogen-bond acceptors (Lipinski definition) is 5. The molecule has 3 aliphatic rings. The minimum Gasteiger partial charge on any atom is -0.457 e. The van der Waals surface area contributed by atoms with Gasteiger partial charge in [-0.3, -0.25) is 14.5 Å². The molecule has 11 heteroatoms. The van der Waals surface area contributed by atoms with Crippen molar-refractivity contribution in [1.29, 1.82) is 0 Å². The van der Waals surface area contributed by atoms with E-state index in [9.17, 15) is 22.8 Å². The number of unbranched alkanes of at least 4 members (excludes halogenated alkanes) is 1. The molecule has 0 radical (unpaired) electrons. The lowest BCUT2D eigenvalue weighted by atomic mass is 9.68. The Kier molecular flexibility index (Phi) is 9.50. The molecule has 0 aromatic heterocycles. The molecule has 4 aromatic rings. The van der Waals surface area contributed by atoms with Gasteiger partial charge in [0.25, 0.3) is 5.91 Å². The van der Waals surface area contributed by atoms with Crippen molar-refractivity contribution in [3.8, 4) is 11.5 Å². The third kappa shape index (κ3) is 6.91. The molecule has 0 atom stereocenters. The van der Waals surface area contributed by atoms with Crippen LogP contribution in [-0.2, 0) is 23.3 Å². The van der Waals surface area contributed by atoms with Crippen LogP contribution in [0.2, 0.25) is 5.02 Å². The van der Waals surface area contributed by atoms with Crippen molar-refractivity contribution in [2.75, 3.05) is 44.2 Å². The highest BCUT2D eigenvalue weighted by Crippen LogP contribution is 2.51. The molecule has 0 aliphatic carbocycles. The van der Waals surface area contributed by atoms with Crippen molar-refractivity contribution >= 4 is 29.1 Å². The maximum absolute atomic E-state index is 13.9. The first kappa shape index (κ1) is 33.9. The number of halogens is 4. The number of ether oxygens (including phenoxy) is 1. The highest BCUT2D eigenvalue weighted by atomic mass is 35.5. The molecular formula is C39H38ClF3N4O3. The molecule has 7 nitrogen and oxygen atoms in total. The van der Waals surface area contributed by atoms with Gasteiger partial charge in [-0.2, -0.15) is 13.2 Å². The zero-order chi connectivity index (χ0) is 34.9. The number of alkyl halides is 3. The van der Waals surface area contributed by atoms with Gasteiger partial charge in [-0.1, -0.05) is 72.6 Å². The zero-order valence-electron chi connectivity index (χ0n) is 27.5. The van der Waals surface area contributed by atoms with Gasteiger partial charge in [0.2, 0.25) is 5.91 Å². The summed E-state index contributed by atoms with van der Waals surface area (Å²) in [6, 6.07) is 28.0. The fourth-order valence-corrected chi connectivity index (χ4v) is 7.74. The summed E-state index contributed by atoms with van der Waals surface area (Å²) in [7, 11) is 0. The molecule has 1 saturated heterocycles. The first-order valence-corrected chi connectivity index (χ1v) is 17.3. The minimum atomic E-state index is -4.53. The van der Waals surface area contributed by atoms with E-state index in [1.807, 2.05) is 35.2 Å². The molecule has 2 amide bonds. The lowest BCUT2D eigenvalue weighted by Gasteiger charge is -2.39. The van der Waals surface area contributed by atoms with Crippen LogP contribution in [0.3, 0.4) is 0 Å². The highest BCUT2D eigenvalue weighted by molar-refractivity contribution is 6.30. The quantitative estimate of drug-likeness (QED) is 0.173. The molecule has 0 bridgehead atoms. The van der Waals surface area contributed by atoms with Crippen LogP contribution in [0.5, 0.6) is 11.5 Å². The van der Waals surface area contributed by atoms with Gasteiger partial charge < -0.3 is 19.9 Å². The third-order valence-electron chi connectivity index (χ3n) is 10.00. The van der Waals surface area contributed by atoms with E-state index in [0.717, 1.165) is 61.5 Å². The summed E-state index contributed by atoms with van der Waals surface area (Å²) in [5.41, 5.74) is 3.64. The number of rotatable bonds is 10. The molecule has 7 rings (SSSR count). The summed E-state index contributed by atoms with van der Waals surface area (Å²) in [6.07, 6.45) is -2.79. The summed E-state index contributed by atoms with van der Waals surface area (Å²) in [6.45, 7) is 3.77. The fourth-order valence-electron chi connectivity index (χ4n) is 7.52. The Morgan fingerprint density at radius 3 is 2.24 bits per heavy atom. The standard InChI is InChI=1S/C39H38ClF3N4O3/c40-29-9-7-8-27(22-29)24-47-25-28-14-15-30(23-31(28)36(47)48)46-20-18-45(19-21-46)17-6-5-16-38(37(49)44-26-39(41,42)43)32-10-1-3-12-34(32)50-35-13-4-2-11-33(35)38/h1-4,7-15,22-23H,5-6,16-21,24-26H2,(H,44,49). The largest absolute Gasteiger partial charge is 0.457 e. The van der Waals surface area contributed by atoms with Gasteiger partial charge >= 0.3 is 6.18 Å². The summed E-state index contributed by atoms with van der Waals surface area (Å²) in [5.74, 6) is 0.310. The number of nitrogens with one attached hydrogen (secondary N) is 1. The minimum absolute atomic E-state index is 0.0279. The molecule has 0 saturated carbocycles. The van der Waals surface area contributed by atoms with Crippen LogP contribution in [0, 0.1) is 0 Å². The van der Waals surface area contributed by atoms with Crippen molar-refractivity contribution < 1.29 is 27.5 Å². The van der Waals surface area contributed by atoms with Gasteiger partial charge in [-0.05, 0) is 66.9 Å². The SMILES string of the molecule is O=C1c2cc(N3CCN(CCCCC4(C(=O)NCC(F)(F)F)c5ccccc5Oc5ccccc54)CC3)ccc2CN1Cc1cccc(Cl)c1. The Labute approximate surface area is 294 Å². The van der Waals surface area contributed by atoms with Crippen LogP contribution >= 0.6 is 11.6 Å². The monoisotopic (exact) mass is 702 g/mol. The molecule has 3 heterocycles. The number of carbonyl (C=O) groups is 2. The Bertz CT molecular complexity index is 1850. The van der Waals surface area contributed by atoms with E-state index in [4.69, 9.17) is 16.3 Å². The van der Waals surface area contributed by atoms with Gasteiger partial charge in [0.05, 0.1) is 0 Å². The molecule has 1 fully saturated rings. The number of carbonyl (C=O) groups excluding carboxylic acids is 2. The van der Waals surface area contributed by atoms with Crippen LogP contribution < -0.4 is 15.0 Å². The van der Waals surface area contributed by atoms with Gasteiger partial charge in [0.15, 0.2) is 0 Å². The van der Waals surface area contributed by atoms with Crippen molar-refractivity contribution in [2.24, 2.45) is 0 Å². The first-order valence-electron chi connectivity index (χ1n) is 17.0. The van der Waals surface area contributed by atoms with E-state index in [0.29, 0.717) is 53.6 Å². The van der Waals surface area contributed by atoms with Gasteiger partial charge in [0.1, 0.15) is 23.5 Å². The van der Waals surface area contributed by atoms with E-state index in [2.05, 4.69) is 27.2 Å². The Hall–Kier alpha value is -4.54. The average Bonchev–Trinajstić information content (AvgIpc) is 3.42. The molecule has 0 unspecified atom stereocenters. The lowest BCUT2D eigenvalue weighted by Crippen LogP contribution is -2.49. The number of piperazine rings is 1. The number of benzene rings is 4. The predicted octanol–water partition coefficient (Wildman–Crippen LogP) is 7.56. The van der Waals surface area contributed by atoms with Crippen LogP contribution in [0.1, 0.15) is 51.9 Å². The maximum atomic E-state index is 13.9. The van der Waals surface area contributed by atoms with Crippen molar-refractivity contribution in [1.82, 2.24) is 15.1 Å². The van der Waals surface area contributed by atoms with E-state index < -0.39 is 24.0 Å². The molecule has 50 heavy (non-hydrogen) atoms. The van der Waals surface area contributed by atoms with E-state index in [-0.39, 0.29) is 5.91 Å². The zero-order valence-corrected chi connectivity index (χ0v) is 28.3. The number of nitrogens with zero attached hydrogens (tertiary/aromatic N) is 3. The lowest BCUT2D eigenvalue weighted by molar-refractivity contribution is -0.141.